The summed E-state index contributed by atoms with van der Waals surface area (Å²) in [6.07, 6.45) is 4.08. The van der Waals surface area contributed by atoms with Crippen LogP contribution < -0.4 is 23.7 Å². The van der Waals surface area contributed by atoms with Gasteiger partial charge in [-0.3, -0.25) is 24.1 Å². The van der Waals surface area contributed by atoms with Crippen molar-refractivity contribution < 1.29 is 71.3 Å². The fourth-order valence-corrected chi connectivity index (χ4v) is 10.1. The zero-order valence-corrected chi connectivity index (χ0v) is 50.2. The number of ether oxygens (including phenoxy) is 10. The molecule has 0 unspecified atom stereocenters. The van der Waals surface area contributed by atoms with Gasteiger partial charge in [-0.25, -0.2) is 4.79 Å². The maximum absolute atomic E-state index is 14.0. The normalized spacial score (nSPS) is 17.4. The molecule has 19 heteroatoms. The minimum Gasteiger partial charge on any atom is -0.497 e. The topological polar surface area (TPSA) is 191 Å². The Kier molecular flexibility index (Phi) is 27.7. The van der Waals surface area contributed by atoms with E-state index in [1.807, 2.05) is 63.8 Å². The summed E-state index contributed by atoms with van der Waals surface area (Å²) in [6, 6.07) is 17.7. The van der Waals surface area contributed by atoms with E-state index in [9.17, 15) is 24.0 Å². The standard InChI is InChI=1S/C32H46N2O7.C29H46N2O8/c1-7-40-31(35)20-26-12-13-27(22-33(26)21-24-9-14-28(38-5)15-10-24)34(23(2)3)32(36)25-11-16-29(39-6)30(19-25)41-18-8-17-37-4;1-9-37-26(32)18-22-12-13-23(19-30(22)28(34)39-29(4,5)6)31(20(2)3)27(33)21-11-14-24(36-8)25(17-21)38-16-10-15-35-7/h9-11,14-16,19,23,26-27H,7-8,12-13,17-18,20-22H2,1-6H3;11,14,17,20,22-23H,9-10,12-13,15-16,18-19H2,1-8H3/t26-,27-;22-,23-/m11/s1. The first kappa shape index (κ1) is 66.2. The van der Waals surface area contributed by atoms with Crippen molar-refractivity contribution in [1.29, 1.82) is 0 Å². The second-order valence-corrected chi connectivity index (χ2v) is 21.4. The molecule has 3 amide bonds. The van der Waals surface area contributed by atoms with Crippen LogP contribution in [0, 0.1) is 0 Å². The largest absolute Gasteiger partial charge is 0.497 e. The van der Waals surface area contributed by atoms with E-state index in [-0.39, 0.29) is 79.6 Å². The van der Waals surface area contributed by atoms with Crippen molar-refractivity contribution in [1.82, 2.24) is 19.6 Å². The molecular weight excluding hydrogens is 1030 g/mol. The average Bonchev–Trinajstić information content (AvgIpc) is 3.49. The van der Waals surface area contributed by atoms with Gasteiger partial charge in [0, 0.05) is 101 Å². The quantitative estimate of drug-likeness (QED) is 0.0398. The smallest absolute Gasteiger partial charge is 0.410 e. The molecule has 19 nitrogen and oxygen atoms in total. The lowest BCUT2D eigenvalue weighted by Crippen LogP contribution is -2.57. The van der Waals surface area contributed by atoms with Gasteiger partial charge in [-0.1, -0.05) is 12.1 Å². The first-order valence-electron chi connectivity index (χ1n) is 28.1. The van der Waals surface area contributed by atoms with Crippen LogP contribution in [0.25, 0.3) is 0 Å². The average molecular weight is 1120 g/mol. The molecular formula is C61H92N4O15. The van der Waals surface area contributed by atoms with Crippen molar-refractivity contribution in [3.05, 3.63) is 77.4 Å². The van der Waals surface area contributed by atoms with Crippen LogP contribution in [0.3, 0.4) is 0 Å². The van der Waals surface area contributed by atoms with E-state index in [0.717, 1.165) is 30.6 Å². The van der Waals surface area contributed by atoms with Crippen LogP contribution >= 0.6 is 0 Å². The Hall–Kier alpha value is -6.31. The molecule has 0 aliphatic carbocycles. The molecule has 0 spiro atoms. The Labute approximate surface area is 475 Å². The molecule has 0 N–H and O–H groups in total. The first-order valence-corrected chi connectivity index (χ1v) is 28.1. The molecule has 2 aliphatic rings. The van der Waals surface area contributed by atoms with Crippen molar-refractivity contribution in [2.45, 2.75) is 162 Å². The van der Waals surface area contributed by atoms with E-state index in [1.165, 1.54) is 0 Å². The molecule has 2 heterocycles. The molecule has 5 rings (SSSR count). The number of rotatable bonds is 27. The monoisotopic (exact) mass is 1120 g/mol. The number of hydrogen-bond acceptors (Lipinski definition) is 16. The van der Waals surface area contributed by atoms with Crippen LogP contribution in [0.2, 0.25) is 0 Å². The Balaban J connectivity index is 0.000000345. The summed E-state index contributed by atoms with van der Waals surface area (Å²) in [5.74, 6) is 2.16. The molecule has 2 saturated heterocycles. The van der Waals surface area contributed by atoms with E-state index < -0.39 is 11.7 Å². The fourth-order valence-electron chi connectivity index (χ4n) is 10.1. The molecule has 0 bridgehead atoms. The Morgan fingerprint density at radius 2 is 1.04 bits per heavy atom. The van der Waals surface area contributed by atoms with Crippen LogP contribution in [0.1, 0.15) is 140 Å². The van der Waals surface area contributed by atoms with Crippen molar-refractivity contribution in [2.24, 2.45) is 0 Å². The summed E-state index contributed by atoms with van der Waals surface area (Å²) in [4.78, 5) is 73.5. The molecule has 80 heavy (non-hydrogen) atoms. The van der Waals surface area contributed by atoms with Gasteiger partial charge in [0.1, 0.15) is 11.4 Å². The van der Waals surface area contributed by atoms with Gasteiger partial charge < -0.3 is 62.1 Å². The second kappa shape index (κ2) is 33.4. The van der Waals surface area contributed by atoms with Gasteiger partial charge in [-0.2, -0.15) is 0 Å². The van der Waals surface area contributed by atoms with Gasteiger partial charge in [0.05, 0.1) is 66.6 Å². The number of carbonyl (C=O) groups is 5. The summed E-state index contributed by atoms with van der Waals surface area (Å²) in [6.45, 7) is 21.2. The summed E-state index contributed by atoms with van der Waals surface area (Å²) < 4.78 is 54.3. The molecule has 3 aromatic rings. The summed E-state index contributed by atoms with van der Waals surface area (Å²) in [7, 11) is 8.08. The molecule has 3 aromatic carbocycles. The van der Waals surface area contributed by atoms with E-state index in [1.54, 1.807) is 109 Å². The van der Waals surface area contributed by atoms with Gasteiger partial charge in [0.15, 0.2) is 23.0 Å². The Bertz CT molecular complexity index is 2390. The molecule has 0 aromatic heterocycles. The highest BCUT2D eigenvalue weighted by molar-refractivity contribution is 5.96. The third-order valence-corrected chi connectivity index (χ3v) is 13.8. The molecule has 2 fully saturated rings. The van der Waals surface area contributed by atoms with E-state index in [4.69, 9.17) is 47.4 Å². The number of amides is 3. The van der Waals surface area contributed by atoms with E-state index in [0.29, 0.717) is 106 Å². The van der Waals surface area contributed by atoms with Gasteiger partial charge in [-0.15, -0.1) is 0 Å². The lowest BCUT2D eigenvalue weighted by molar-refractivity contribution is -0.146. The highest BCUT2D eigenvalue weighted by atomic mass is 16.6. The van der Waals surface area contributed by atoms with Crippen LogP contribution in [0.15, 0.2) is 60.7 Å². The van der Waals surface area contributed by atoms with Gasteiger partial charge >= 0.3 is 18.0 Å². The summed E-state index contributed by atoms with van der Waals surface area (Å²) in [5.41, 5.74) is 1.43. The summed E-state index contributed by atoms with van der Waals surface area (Å²) in [5, 5.41) is 0. The first-order chi connectivity index (χ1) is 38.2. The number of methoxy groups -OCH3 is 5. The molecule has 0 radical (unpaired) electrons. The van der Waals surface area contributed by atoms with Crippen LogP contribution in [-0.2, 0) is 39.8 Å². The highest BCUT2D eigenvalue weighted by Gasteiger charge is 2.41. The van der Waals surface area contributed by atoms with Crippen molar-refractivity contribution in [3.63, 3.8) is 0 Å². The number of piperidine rings is 2. The van der Waals surface area contributed by atoms with E-state index >= 15 is 0 Å². The van der Waals surface area contributed by atoms with Crippen molar-refractivity contribution in [2.75, 3.05) is 88.3 Å². The van der Waals surface area contributed by atoms with Crippen molar-refractivity contribution >= 4 is 29.8 Å². The summed E-state index contributed by atoms with van der Waals surface area (Å²) >= 11 is 0. The highest BCUT2D eigenvalue weighted by Crippen LogP contribution is 2.34. The van der Waals surface area contributed by atoms with E-state index in [2.05, 4.69) is 4.90 Å². The fraction of sp³-hybridized carbons (Fsp3) is 0.623. The second-order valence-electron chi connectivity index (χ2n) is 21.4. The zero-order chi connectivity index (χ0) is 58.9. The number of likely N-dealkylation sites (tertiary alicyclic amines) is 2. The number of hydrogen-bond donors (Lipinski definition) is 0. The lowest BCUT2D eigenvalue weighted by Gasteiger charge is -2.45. The van der Waals surface area contributed by atoms with Gasteiger partial charge in [-0.05, 0) is 142 Å². The Morgan fingerprint density at radius 3 is 1.46 bits per heavy atom. The van der Waals surface area contributed by atoms with Crippen LogP contribution in [-0.4, -0.2) is 180 Å². The van der Waals surface area contributed by atoms with Crippen molar-refractivity contribution in [3.8, 4) is 28.7 Å². The maximum atomic E-state index is 14.0. The molecule has 4 atom stereocenters. The van der Waals surface area contributed by atoms with Crippen LogP contribution in [0.5, 0.6) is 28.7 Å². The molecule has 446 valence electrons. The van der Waals surface area contributed by atoms with Gasteiger partial charge in [0.2, 0.25) is 0 Å². The predicted octanol–water partition coefficient (Wildman–Crippen LogP) is 9.64. The minimum absolute atomic E-state index is 0.0210. The number of nitrogens with zero attached hydrogens (tertiary/aromatic N) is 4. The molecule has 0 saturated carbocycles. The number of benzene rings is 3. The zero-order valence-electron chi connectivity index (χ0n) is 50.2. The molecule has 2 aliphatic heterocycles. The maximum Gasteiger partial charge on any atom is 0.410 e. The van der Waals surface area contributed by atoms with Crippen LogP contribution in [0.4, 0.5) is 4.79 Å². The minimum atomic E-state index is -0.700. The third kappa shape index (κ3) is 20.3. The SMILES string of the molecule is CCOC(=O)C[C@H]1CC[C@@H](N(C(=O)c2ccc(OC)c(OCCCOC)c2)C(C)C)CN1C(=O)OC(C)(C)C.CCOC(=O)C[C@H]1CC[C@@H](N(C(=O)c2ccc(OC)c(OCCCOC)c2)C(C)C)CN1Cc1ccc(OC)cc1. The predicted molar refractivity (Wildman–Crippen MR) is 305 cm³/mol. The lowest BCUT2D eigenvalue weighted by atomic mass is 9.93. The Morgan fingerprint density at radius 1 is 0.575 bits per heavy atom. The third-order valence-electron chi connectivity index (χ3n) is 13.8. The van der Waals surface area contributed by atoms with Gasteiger partial charge in [0.25, 0.3) is 11.8 Å². The number of carbonyl (C=O) groups excluding carboxylic acids is 5. The number of esters is 2.